The number of rotatable bonds is 6. The van der Waals surface area contributed by atoms with E-state index in [0.717, 1.165) is 5.56 Å². The van der Waals surface area contributed by atoms with Crippen LogP contribution >= 0.6 is 11.3 Å². The molecule has 1 unspecified atom stereocenters. The average molecular weight is 328 g/mol. The predicted octanol–water partition coefficient (Wildman–Crippen LogP) is 1.56. The molecule has 21 heavy (non-hydrogen) atoms. The molecule has 3 N–H and O–H groups in total. The molecule has 0 aliphatic heterocycles. The molecule has 0 aliphatic carbocycles. The maximum absolute atomic E-state index is 12.6. The van der Waals surface area contributed by atoms with Crippen molar-refractivity contribution < 1.29 is 8.42 Å². The van der Waals surface area contributed by atoms with E-state index >= 15 is 0 Å². The van der Waals surface area contributed by atoms with Crippen molar-refractivity contribution in [1.29, 1.82) is 0 Å². The minimum Gasteiger partial charge on any atom is -0.329 e. The standard InChI is InChI=1S/C13H20N4O2S2/c1-9(12-4-7-20-8-12)16-21(18,19)13-10(2)15-17(6-5-14)11(13)3/h4,7-9,16H,5-6,14H2,1-3H3. The van der Waals surface area contributed by atoms with Crippen LogP contribution in [0.5, 0.6) is 0 Å². The van der Waals surface area contributed by atoms with E-state index < -0.39 is 10.0 Å². The molecule has 0 saturated carbocycles. The number of nitrogens with two attached hydrogens (primary N) is 1. The lowest BCUT2D eigenvalue weighted by Crippen LogP contribution is -2.27. The van der Waals surface area contributed by atoms with E-state index in [2.05, 4.69) is 9.82 Å². The molecule has 6 nitrogen and oxygen atoms in total. The Morgan fingerprint density at radius 2 is 2.19 bits per heavy atom. The summed E-state index contributed by atoms with van der Waals surface area (Å²) in [5.74, 6) is 0. The molecule has 1 atom stereocenters. The fourth-order valence-electron chi connectivity index (χ4n) is 2.29. The first-order valence-corrected chi connectivity index (χ1v) is 9.08. The Bertz CT molecular complexity index is 705. The molecule has 0 fully saturated rings. The topological polar surface area (TPSA) is 90.0 Å². The highest BCUT2D eigenvalue weighted by molar-refractivity contribution is 7.89. The highest BCUT2D eigenvalue weighted by atomic mass is 32.2. The van der Waals surface area contributed by atoms with E-state index in [1.807, 2.05) is 23.8 Å². The third kappa shape index (κ3) is 3.34. The van der Waals surface area contributed by atoms with Crippen LogP contribution in [0.15, 0.2) is 21.7 Å². The molecule has 0 aromatic carbocycles. The smallest absolute Gasteiger partial charge is 0.244 e. The number of thiophene rings is 1. The van der Waals surface area contributed by atoms with Gasteiger partial charge in [0.1, 0.15) is 4.90 Å². The minimum absolute atomic E-state index is 0.248. The number of aryl methyl sites for hydroxylation is 1. The second-order valence-corrected chi connectivity index (χ2v) is 7.34. The van der Waals surface area contributed by atoms with Crippen molar-refractivity contribution in [1.82, 2.24) is 14.5 Å². The van der Waals surface area contributed by atoms with E-state index in [-0.39, 0.29) is 10.9 Å². The van der Waals surface area contributed by atoms with Crippen LogP contribution in [0, 0.1) is 13.8 Å². The van der Waals surface area contributed by atoms with Gasteiger partial charge in [-0.1, -0.05) is 0 Å². The number of nitrogens with zero attached hydrogens (tertiary/aromatic N) is 2. The van der Waals surface area contributed by atoms with Crippen LogP contribution in [0.1, 0.15) is 29.9 Å². The van der Waals surface area contributed by atoms with Gasteiger partial charge in [-0.2, -0.15) is 16.4 Å². The number of hydrogen-bond donors (Lipinski definition) is 2. The van der Waals surface area contributed by atoms with E-state index in [1.165, 1.54) is 0 Å². The lowest BCUT2D eigenvalue weighted by atomic mass is 10.2. The van der Waals surface area contributed by atoms with Crippen molar-refractivity contribution in [3.63, 3.8) is 0 Å². The molecular weight excluding hydrogens is 308 g/mol. The molecule has 116 valence electrons. The fourth-order valence-corrected chi connectivity index (χ4v) is 4.69. The zero-order valence-corrected chi connectivity index (χ0v) is 14.0. The Morgan fingerprint density at radius 1 is 1.48 bits per heavy atom. The molecule has 0 bridgehead atoms. The third-order valence-electron chi connectivity index (χ3n) is 3.30. The van der Waals surface area contributed by atoms with Gasteiger partial charge in [-0.05, 0) is 43.2 Å². The van der Waals surface area contributed by atoms with Gasteiger partial charge in [0, 0.05) is 12.6 Å². The number of nitrogens with one attached hydrogen (secondary N) is 1. The monoisotopic (exact) mass is 328 g/mol. The molecule has 8 heteroatoms. The van der Waals surface area contributed by atoms with Crippen molar-refractivity contribution in [2.75, 3.05) is 6.54 Å². The summed E-state index contributed by atoms with van der Waals surface area (Å²) in [5.41, 5.74) is 7.58. The first-order valence-electron chi connectivity index (χ1n) is 6.65. The summed E-state index contributed by atoms with van der Waals surface area (Å²) < 4.78 is 29.6. The molecular formula is C13H20N4O2S2. The summed E-state index contributed by atoms with van der Waals surface area (Å²) in [6.07, 6.45) is 0. The fraction of sp³-hybridized carbons (Fsp3) is 0.462. The van der Waals surface area contributed by atoms with Gasteiger partial charge in [-0.25, -0.2) is 13.1 Å². The van der Waals surface area contributed by atoms with E-state index in [1.54, 1.807) is 29.9 Å². The van der Waals surface area contributed by atoms with Gasteiger partial charge in [0.05, 0.1) is 17.9 Å². The summed E-state index contributed by atoms with van der Waals surface area (Å²) >= 11 is 1.54. The van der Waals surface area contributed by atoms with Crippen molar-refractivity contribution >= 4 is 21.4 Å². The van der Waals surface area contributed by atoms with Gasteiger partial charge in [0.15, 0.2) is 0 Å². The Hall–Kier alpha value is -1.22. The molecule has 2 aromatic heterocycles. The predicted molar refractivity (Wildman–Crippen MR) is 83.8 cm³/mol. The van der Waals surface area contributed by atoms with Crippen LogP contribution in [-0.4, -0.2) is 24.7 Å². The van der Waals surface area contributed by atoms with Gasteiger partial charge >= 0.3 is 0 Å². The Kier molecular flexibility index (Phi) is 4.82. The summed E-state index contributed by atoms with van der Waals surface area (Å²) in [4.78, 5) is 0.248. The van der Waals surface area contributed by atoms with E-state index in [4.69, 9.17) is 5.73 Å². The summed E-state index contributed by atoms with van der Waals surface area (Å²) in [7, 11) is -3.61. The molecule has 0 saturated heterocycles. The molecule has 2 heterocycles. The maximum atomic E-state index is 12.6. The molecule has 0 spiro atoms. The second-order valence-electron chi connectivity index (χ2n) is 4.91. The van der Waals surface area contributed by atoms with Gasteiger partial charge in [-0.3, -0.25) is 4.68 Å². The van der Waals surface area contributed by atoms with Gasteiger partial charge in [0.25, 0.3) is 0 Å². The summed E-state index contributed by atoms with van der Waals surface area (Å²) in [6, 6.07) is 1.63. The van der Waals surface area contributed by atoms with Crippen LogP contribution in [0.25, 0.3) is 0 Å². The molecule has 0 amide bonds. The van der Waals surface area contributed by atoms with Gasteiger partial charge in [-0.15, -0.1) is 0 Å². The van der Waals surface area contributed by atoms with E-state index in [9.17, 15) is 8.42 Å². The minimum atomic E-state index is -3.61. The molecule has 2 rings (SSSR count). The first-order chi connectivity index (χ1) is 9.86. The Morgan fingerprint density at radius 3 is 2.76 bits per heavy atom. The quantitative estimate of drug-likeness (QED) is 0.842. The van der Waals surface area contributed by atoms with Crippen LogP contribution in [0.2, 0.25) is 0 Å². The molecule has 0 radical (unpaired) electrons. The van der Waals surface area contributed by atoms with E-state index in [0.29, 0.717) is 24.5 Å². The summed E-state index contributed by atoms with van der Waals surface area (Å²) in [6.45, 7) is 6.19. The number of hydrogen-bond acceptors (Lipinski definition) is 5. The highest BCUT2D eigenvalue weighted by Gasteiger charge is 2.26. The zero-order chi connectivity index (χ0) is 15.6. The maximum Gasteiger partial charge on any atom is 0.244 e. The first kappa shape index (κ1) is 16.2. The van der Waals surface area contributed by atoms with Crippen LogP contribution in [0.3, 0.4) is 0 Å². The molecule has 0 aliphatic rings. The number of aromatic nitrogens is 2. The van der Waals surface area contributed by atoms with Crippen molar-refractivity contribution in [3.05, 3.63) is 33.8 Å². The van der Waals surface area contributed by atoms with Crippen LogP contribution in [-0.2, 0) is 16.6 Å². The third-order valence-corrected chi connectivity index (χ3v) is 5.79. The van der Waals surface area contributed by atoms with Crippen molar-refractivity contribution in [2.24, 2.45) is 5.73 Å². The highest BCUT2D eigenvalue weighted by Crippen LogP contribution is 2.23. The average Bonchev–Trinajstić information content (AvgIpc) is 2.98. The largest absolute Gasteiger partial charge is 0.329 e. The lowest BCUT2D eigenvalue weighted by Gasteiger charge is -2.13. The van der Waals surface area contributed by atoms with Crippen molar-refractivity contribution in [2.45, 2.75) is 38.3 Å². The number of sulfonamides is 1. The van der Waals surface area contributed by atoms with Gasteiger partial charge in [0.2, 0.25) is 10.0 Å². The lowest BCUT2D eigenvalue weighted by molar-refractivity contribution is 0.564. The normalized spacial score (nSPS) is 13.5. The Balaban J connectivity index is 2.32. The van der Waals surface area contributed by atoms with Crippen molar-refractivity contribution in [3.8, 4) is 0 Å². The molecule has 2 aromatic rings. The SMILES string of the molecule is Cc1nn(CCN)c(C)c1S(=O)(=O)NC(C)c1ccsc1. The Labute approximate surface area is 129 Å². The van der Waals surface area contributed by atoms with Crippen LogP contribution < -0.4 is 10.5 Å². The van der Waals surface area contributed by atoms with Gasteiger partial charge < -0.3 is 5.73 Å². The second kappa shape index (κ2) is 6.27. The zero-order valence-electron chi connectivity index (χ0n) is 12.3. The summed E-state index contributed by atoms with van der Waals surface area (Å²) in [5, 5.41) is 8.12. The van der Waals surface area contributed by atoms with Crippen LogP contribution in [0.4, 0.5) is 0 Å².